The summed E-state index contributed by atoms with van der Waals surface area (Å²) >= 11 is 0. The van der Waals surface area contributed by atoms with Gasteiger partial charge >= 0.3 is 0 Å². The zero-order chi connectivity index (χ0) is 24.1. The van der Waals surface area contributed by atoms with E-state index in [0.29, 0.717) is 65.8 Å². The van der Waals surface area contributed by atoms with Crippen LogP contribution in [0.3, 0.4) is 0 Å². The molecule has 0 aromatic rings. The first-order valence-electron chi connectivity index (χ1n) is 10.9. The van der Waals surface area contributed by atoms with Gasteiger partial charge in [-0.15, -0.1) is 0 Å². The zero-order valence-electron chi connectivity index (χ0n) is 19.2. The molecule has 2 fully saturated rings. The van der Waals surface area contributed by atoms with Crippen molar-refractivity contribution in [3.63, 3.8) is 0 Å². The van der Waals surface area contributed by atoms with Gasteiger partial charge in [-0.05, 0) is 12.8 Å². The molecule has 0 aromatic carbocycles. The van der Waals surface area contributed by atoms with Crippen LogP contribution >= 0.6 is 0 Å². The highest BCUT2D eigenvalue weighted by Gasteiger charge is 2.19. The van der Waals surface area contributed by atoms with Crippen molar-refractivity contribution < 1.29 is 24.3 Å². The molecule has 2 aliphatic heterocycles. The van der Waals surface area contributed by atoms with Crippen molar-refractivity contribution in [1.29, 1.82) is 0 Å². The van der Waals surface area contributed by atoms with Crippen LogP contribution in [0.1, 0.15) is 12.8 Å². The molecule has 0 aromatic heterocycles. The van der Waals surface area contributed by atoms with Crippen molar-refractivity contribution >= 4 is 11.9 Å². The quantitative estimate of drug-likeness (QED) is 0.119. The summed E-state index contributed by atoms with van der Waals surface area (Å²) in [6.45, 7) is 4.84. The number of aliphatic imine (C=N–C) groups is 2. The first kappa shape index (κ1) is 26.5. The lowest BCUT2D eigenvalue weighted by Crippen LogP contribution is -2.44. The van der Waals surface area contributed by atoms with E-state index in [1.807, 2.05) is 0 Å². The summed E-state index contributed by atoms with van der Waals surface area (Å²) in [5.41, 5.74) is 4.26. The molecular weight excluding hydrogens is 440 g/mol. The molecule has 0 bridgehead atoms. The molecule has 0 radical (unpaired) electrons. The number of hydrogen-bond acceptors (Lipinski definition) is 9. The van der Waals surface area contributed by atoms with Gasteiger partial charge in [-0.1, -0.05) is 10.9 Å². The summed E-state index contributed by atoms with van der Waals surface area (Å²) in [7, 11) is 3.38. The molecule has 0 aliphatic carbocycles. The maximum atomic E-state index is 10.9. The molecule has 33 heavy (non-hydrogen) atoms. The largest absolute Gasteiger partial charge is 0.381 e. The molecule has 0 amide bonds. The maximum absolute atomic E-state index is 10.9. The molecule has 2 unspecified atom stereocenters. The highest BCUT2D eigenvalue weighted by Crippen LogP contribution is 2.13. The second-order valence-electron chi connectivity index (χ2n) is 7.98. The number of hydrazine groups is 2. The lowest BCUT2D eigenvalue weighted by Gasteiger charge is -2.21. The second kappa shape index (κ2) is 14.4. The molecule has 2 aliphatic rings. The number of likely N-dealkylation sites (N-methyl/N-ethyl adjacent to an activating group) is 2. The highest BCUT2D eigenvalue weighted by molar-refractivity contribution is 5.79. The molecule has 2 N–H and O–H groups in total. The van der Waals surface area contributed by atoms with Gasteiger partial charge in [-0.25, -0.2) is 30.2 Å². The van der Waals surface area contributed by atoms with Crippen LogP contribution in [0, 0.1) is 32.1 Å². The van der Waals surface area contributed by atoms with Gasteiger partial charge in [-0.2, -0.15) is 0 Å². The van der Waals surface area contributed by atoms with Crippen molar-refractivity contribution in [2.24, 2.45) is 21.8 Å². The molecule has 2 heterocycles. The van der Waals surface area contributed by atoms with E-state index in [1.54, 1.807) is 23.9 Å². The van der Waals surface area contributed by atoms with Crippen molar-refractivity contribution in [2.75, 3.05) is 79.9 Å². The molecular formula is C18H34N8O7. The van der Waals surface area contributed by atoms with Gasteiger partial charge in [0.1, 0.15) is 0 Å². The third kappa shape index (κ3) is 10.6. The Morgan fingerprint density at radius 1 is 0.909 bits per heavy atom. The monoisotopic (exact) mass is 474 g/mol. The Bertz CT molecular complexity index is 625. The SMILES string of the molecule is CN(CCOCCN(C)C(=NCC1CCOC1)N[N+](=O)[O-])C(=NCC1CCOC1)N[N+](=O)[O-]. The Labute approximate surface area is 192 Å². The van der Waals surface area contributed by atoms with Gasteiger partial charge in [-0.3, -0.25) is 0 Å². The lowest BCUT2D eigenvalue weighted by atomic mass is 10.1. The van der Waals surface area contributed by atoms with Gasteiger partial charge in [0.25, 0.3) is 11.9 Å². The molecule has 15 nitrogen and oxygen atoms in total. The standard InChI is InChI=1S/C18H34N8O7/c1-23(17(21-25(27)28)19-11-15-3-7-32-13-15)5-9-31-10-6-24(2)18(22-26(29)30)20-12-16-4-8-33-14-16/h15-16H,3-14H2,1-2H3,(H,19,21)(H,20,22). The Hall–Kier alpha value is -2.78. The normalized spacial score (nSPS) is 21.2. The average Bonchev–Trinajstić information content (AvgIpc) is 3.47. The molecule has 188 valence electrons. The zero-order valence-corrected chi connectivity index (χ0v) is 19.2. The Balaban J connectivity index is 1.73. The number of ether oxygens (including phenoxy) is 3. The van der Waals surface area contributed by atoms with E-state index in [0.717, 1.165) is 12.8 Å². The summed E-state index contributed by atoms with van der Waals surface area (Å²) in [6, 6.07) is 0. The summed E-state index contributed by atoms with van der Waals surface area (Å²) in [5.74, 6) is 0.846. The fourth-order valence-corrected chi connectivity index (χ4v) is 3.25. The van der Waals surface area contributed by atoms with Crippen LogP contribution in [0.15, 0.2) is 9.98 Å². The van der Waals surface area contributed by atoms with E-state index in [1.165, 1.54) is 0 Å². The highest BCUT2D eigenvalue weighted by atomic mass is 16.7. The molecule has 2 rings (SSSR count). The van der Waals surface area contributed by atoms with E-state index < -0.39 is 10.1 Å². The smallest absolute Gasteiger partial charge is 0.256 e. The summed E-state index contributed by atoms with van der Waals surface area (Å²) in [6.07, 6.45) is 1.78. The molecule has 0 spiro atoms. The van der Waals surface area contributed by atoms with Gasteiger partial charge in [0.05, 0.1) is 26.4 Å². The van der Waals surface area contributed by atoms with E-state index in [-0.39, 0.29) is 23.8 Å². The summed E-state index contributed by atoms with van der Waals surface area (Å²) < 4.78 is 16.2. The minimum absolute atomic E-state index is 0.160. The molecule has 2 atom stereocenters. The van der Waals surface area contributed by atoms with Crippen molar-refractivity contribution in [3.05, 3.63) is 20.2 Å². The van der Waals surface area contributed by atoms with E-state index in [2.05, 4.69) is 20.8 Å². The predicted molar refractivity (Wildman–Crippen MR) is 119 cm³/mol. The van der Waals surface area contributed by atoms with Crippen LogP contribution in [0.2, 0.25) is 0 Å². The number of nitro groups is 2. The van der Waals surface area contributed by atoms with Crippen LogP contribution in [0.25, 0.3) is 0 Å². The van der Waals surface area contributed by atoms with Gasteiger partial charge in [0.2, 0.25) is 0 Å². The molecule has 15 heteroatoms. The number of nitrogens with one attached hydrogen (secondary N) is 2. The van der Waals surface area contributed by atoms with Gasteiger partial charge in [0, 0.05) is 65.3 Å². The van der Waals surface area contributed by atoms with Crippen LogP contribution in [0.5, 0.6) is 0 Å². The van der Waals surface area contributed by atoms with Crippen LogP contribution < -0.4 is 10.9 Å². The number of rotatable bonds is 12. The Kier molecular flexibility index (Phi) is 11.5. The summed E-state index contributed by atoms with van der Waals surface area (Å²) in [5, 5.41) is 20.5. The summed E-state index contributed by atoms with van der Waals surface area (Å²) in [4.78, 5) is 33.7. The van der Waals surface area contributed by atoms with Crippen LogP contribution in [-0.4, -0.2) is 112 Å². The first-order valence-corrected chi connectivity index (χ1v) is 10.9. The van der Waals surface area contributed by atoms with Crippen molar-refractivity contribution in [3.8, 4) is 0 Å². The number of guanidine groups is 2. The maximum Gasteiger partial charge on any atom is 0.256 e. The van der Waals surface area contributed by atoms with Crippen molar-refractivity contribution in [2.45, 2.75) is 12.8 Å². The number of nitrogens with zero attached hydrogens (tertiary/aromatic N) is 6. The molecule has 0 saturated carbocycles. The minimum atomic E-state index is -0.642. The second-order valence-corrected chi connectivity index (χ2v) is 7.98. The minimum Gasteiger partial charge on any atom is -0.381 e. The molecule has 2 saturated heterocycles. The van der Waals surface area contributed by atoms with Gasteiger partial charge in [0.15, 0.2) is 10.1 Å². The fourth-order valence-electron chi connectivity index (χ4n) is 3.25. The van der Waals surface area contributed by atoms with E-state index >= 15 is 0 Å². The fraction of sp³-hybridized carbons (Fsp3) is 0.889. The topological polar surface area (TPSA) is 169 Å². The predicted octanol–water partition coefficient (Wildman–Crippen LogP) is -0.786. The third-order valence-corrected chi connectivity index (χ3v) is 5.29. The van der Waals surface area contributed by atoms with Gasteiger partial charge < -0.3 is 24.0 Å². The van der Waals surface area contributed by atoms with Crippen LogP contribution in [0.4, 0.5) is 0 Å². The van der Waals surface area contributed by atoms with E-state index in [9.17, 15) is 20.2 Å². The Morgan fingerprint density at radius 3 is 1.67 bits per heavy atom. The lowest BCUT2D eigenvalue weighted by molar-refractivity contribution is -0.526. The first-order chi connectivity index (χ1) is 15.8. The third-order valence-electron chi connectivity index (χ3n) is 5.29. The van der Waals surface area contributed by atoms with Crippen LogP contribution in [-0.2, 0) is 14.2 Å². The average molecular weight is 475 g/mol. The Morgan fingerprint density at radius 2 is 1.33 bits per heavy atom. The number of hydrogen-bond donors (Lipinski definition) is 2. The van der Waals surface area contributed by atoms with Crippen molar-refractivity contribution in [1.82, 2.24) is 20.7 Å². The van der Waals surface area contributed by atoms with E-state index in [4.69, 9.17) is 14.2 Å².